The molecule has 0 radical (unpaired) electrons. The predicted octanol–water partition coefficient (Wildman–Crippen LogP) is 3.80. The molecule has 0 fully saturated rings. The SMILES string of the molecule is CC(C)[C@H](NC(=O)C[C@@H](O)[C@H](COCc1ccccc1)NC(=O)c1cc(C(=O)N[C@H](C)c2ccccc2)cc(N(C)S(C)(=O)=O)c1)C(=O)NCc1ccc(C(=O)O)cc1. The fourth-order valence-corrected chi connectivity index (χ4v) is 6.38. The van der Waals surface area contributed by atoms with Crippen LogP contribution < -0.4 is 25.6 Å². The van der Waals surface area contributed by atoms with Gasteiger partial charge in [-0.3, -0.25) is 23.5 Å². The van der Waals surface area contributed by atoms with Gasteiger partial charge in [-0.25, -0.2) is 13.2 Å². The number of hydrogen-bond donors (Lipinski definition) is 6. The van der Waals surface area contributed by atoms with Crippen molar-refractivity contribution < 1.29 is 47.3 Å². The van der Waals surface area contributed by atoms with E-state index in [0.717, 1.165) is 21.7 Å². The molecule has 0 unspecified atom stereocenters. The van der Waals surface area contributed by atoms with Crippen LogP contribution in [0.4, 0.5) is 5.69 Å². The average Bonchev–Trinajstić information content (AvgIpc) is 3.21. The molecule has 16 heteroatoms. The van der Waals surface area contributed by atoms with Crippen LogP contribution in [0.3, 0.4) is 0 Å². The van der Waals surface area contributed by atoms with Gasteiger partial charge in [0.1, 0.15) is 6.04 Å². The standard InChI is InChI=1S/C43H51N5O10S/c1-27(2)39(42(53)44-24-29-16-18-32(19-17-29)43(54)55)47-38(50)23-37(49)36(26-58-25-30-12-8-6-9-13-30)46-41(52)34-20-33(21-35(22-34)48(4)59(5,56)57)40(51)45-28(3)31-14-10-7-11-15-31/h6-22,27-28,36-37,39,49H,23-26H2,1-5H3,(H,44,53)(H,45,51)(H,46,52)(H,47,50)(H,54,55)/t28-,36+,37-,39+/m1/s1. The fourth-order valence-electron chi connectivity index (χ4n) is 5.89. The number of ether oxygens (including phenoxy) is 1. The highest BCUT2D eigenvalue weighted by Crippen LogP contribution is 2.22. The number of carboxylic acids is 1. The van der Waals surface area contributed by atoms with E-state index >= 15 is 0 Å². The van der Waals surface area contributed by atoms with E-state index < -0.39 is 70.3 Å². The van der Waals surface area contributed by atoms with Crippen molar-refractivity contribution >= 4 is 45.3 Å². The molecule has 0 saturated heterocycles. The lowest BCUT2D eigenvalue weighted by molar-refractivity contribution is -0.131. The summed E-state index contributed by atoms with van der Waals surface area (Å²) in [4.78, 5) is 65.2. The van der Waals surface area contributed by atoms with E-state index in [9.17, 15) is 37.5 Å². The monoisotopic (exact) mass is 829 g/mol. The summed E-state index contributed by atoms with van der Waals surface area (Å²) < 4.78 is 31.9. The maximum atomic E-state index is 14.0. The molecule has 0 aromatic heterocycles. The summed E-state index contributed by atoms with van der Waals surface area (Å²) in [6.07, 6.45) is -1.10. The van der Waals surface area contributed by atoms with Crippen LogP contribution in [-0.2, 0) is 37.5 Å². The third-order valence-electron chi connectivity index (χ3n) is 9.47. The molecule has 0 aliphatic rings. The minimum absolute atomic E-state index is 0.00184. The Bertz CT molecular complexity index is 2190. The Morgan fingerprint density at radius 1 is 0.746 bits per heavy atom. The molecule has 59 heavy (non-hydrogen) atoms. The maximum absolute atomic E-state index is 14.0. The van der Waals surface area contributed by atoms with Crippen molar-refractivity contribution in [3.8, 4) is 0 Å². The zero-order valence-corrected chi connectivity index (χ0v) is 34.4. The molecule has 0 bridgehead atoms. The second-order valence-electron chi connectivity index (χ2n) is 14.5. The number of amides is 4. The first-order valence-corrected chi connectivity index (χ1v) is 20.7. The van der Waals surface area contributed by atoms with E-state index in [1.165, 1.54) is 37.4 Å². The largest absolute Gasteiger partial charge is 0.478 e. The van der Waals surface area contributed by atoms with E-state index in [1.807, 2.05) is 60.7 Å². The van der Waals surface area contributed by atoms with Crippen LogP contribution in [0.1, 0.15) is 81.0 Å². The van der Waals surface area contributed by atoms with Crippen molar-refractivity contribution in [3.63, 3.8) is 0 Å². The lowest BCUT2D eigenvalue weighted by Gasteiger charge is -2.26. The van der Waals surface area contributed by atoms with E-state index in [4.69, 9.17) is 9.84 Å². The summed E-state index contributed by atoms with van der Waals surface area (Å²) in [5.74, 6) is -4.00. The average molecular weight is 830 g/mol. The van der Waals surface area contributed by atoms with Crippen LogP contribution >= 0.6 is 0 Å². The van der Waals surface area contributed by atoms with Gasteiger partial charge in [-0.1, -0.05) is 86.6 Å². The third kappa shape index (κ3) is 13.8. The van der Waals surface area contributed by atoms with Crippen LogP contribution in [0.25, 0.3) is 0 Å². The summed E-state index contributed by atoms with van der Waals surface area (Å²) in [6.45, 7) is 5.17. The first kappa shape index (κ1) is 45.6. The van der Waals surface area contributed by atoms with E-state index in [2.05, 4.69) is 21.3 Å². The van der Waals surface area contributed by atoms with Gasteiger partial charge in [0, 0.05) is 24.7 Å². The van der Waals surface area contributed by atoms with E-state index in [0.29, 0.717) is 5.56 Å². The summed E-state index contributed by atoms with van der Waals surface area (Å²) in [7, 11) is -2.54. The molecule has 0 aliphatic heterocycles. The summed E-state index contributed by atoms with van der Waals surface area (Å²) >= 11 is 0. The molecule has 15 nitrogen and oxygen atoms in total. The highest BCUT2D eigenvalue weighted by molar-refractivity contribution is 7.92. The fraction of sp³-hybridized carbons (Fsp3) is 0.326. The Hall–Kier alpha value is -6.10. The number of anilines is 1. The van der Waals surface area contributed by atoms with E-state index in [1.54, 1.807) is 32.9 Å². The normalized spacial score (nSPS) is 13.3. The van der Waals surface area contributed by atoms with Gasteiger partial charge < -0.3 is 36.2 Å². The molecule has 0 aliphatic carbocycles. The number of hydrogen-bond acceptors (Lipinski definition) is 9. The molecule has 6 N–H and O–H groups in total. The Balaban J connectivity index is 1.53. The van der Waals surface area contributed by atoms with Gasteiger partial charge in [0.05, 0.1) is 55.3 Å². The van der Waals surface area contributed by atoms with Crippen LogP contribution in [0, 0.1) is 5.92 Å². The lowest BCUT2D eigenvalue weighted by Crippen LogP contribution is -2.52. The Labute approximate surface area is 344 Å². The first-order valence-electron chi connectivity index (χ1n) is 18.9. The Morgan fingerprint density at radius 3 is 1.88 bits per heavy atom. The van der Waals surface area contributed by atoms with Crippen molar-refractivity contribution in [3.05, 3.63) is 137 Å². The van der Waals surface area contributed by atoms with Gasteiger partial charge in [0.15, 0.2) is 0 Å². The summed E-state index contributed by atoms with van der Waals surface area (Å²) in [5.41, 5.74) is 2.30. The second kappa shape index (κ2) is 21.1. The molecule has 314 valence electrons. The van der Waals surface area contributed by atoms with Gasteiger partial charge in [-0.05, 0) is 59.9 Å². The van der Waals surface area contributed by atoms with Crippen LogP contribution in [0.15, 0.2) is 103 Å². The van der Waals surface area contributed by atoms with Crippen molar-refractivity contribution in [2.75, 3.05) is 24.2 Å². The van der Waals surface area contributed by atoms with Crippen molar-refractivity contribution in [2.45, 2.75) is 64.6 Å². The molecule has 4 aromatic carbocycles. The smallest absolute Gasteiger partial charge is 0.335 e. The maximum Gasteiger partial charge on any atom is 0.335 e. The zero-order valence-electron chi connectivity index (χ0n) is 33.5. The minimum atomic E-state index is -3.82. The molecule has 4 atom stereocenters. The number of aliphatic hydroxyl groups excluding tert-OH is 1. The van der Waals surface area contributed by atoms with E-state index in [-0.39, 0.29) is 48.1 Å². The number of nitrogens with zero attached hydrogens (tertiary/aromatic N) is 1. The molecular formula is C43H51N5O10S. The number of sulfonamides is 1. The molecular weight excluding hydrogens is 779 g/mol. The van der Waals surface area contributed by atoms with Crippen molar-refractivity contribution in [1.82, 2.24) is 21.3 Å². The number of benzene rings is 4. The van der Waals surface area contributed by atoms with Gasteiger partial charge in [-0.15, -0.1) is 0 Å². The second-order valence-corrected chi connectivity index (χ2v) is 16.5. The summed E-state index contributed by atoms with van der Waals surface area (Å²) in [5, 5.41) is 31.5. The summed E-state index contributed by atoms with van der Waals surface area (Å²) in [6, 6.07) is 25.6. The minimum Gasteiger partial charge on any atom is -0.478 e. The molecule has 0 saturated carbocycles. The number of rotatable bonds is 20. The number of carboxylic acid groups (broad SMARTS) is 1. The van der Waals surface area contributed by atoms with Crippen molar-refractivity contribution in [1.29, 1.82) is 0 Å². The zero-order chi connectivity index (χ0) is 43.3. The number of carbonyl (C=O) groups excluding carboxylic acids is 4. The Morgan fingerprint density at radius 2 is 1.32 bits per heavy atom. The topological polar surface area (TPSA) is 221 Å². The van der Waals surface area contributed by atoms with Crippen LogP contribution in [0.2, 0.25) is 0 Å². The highest BCUT2D eigenvalue weighted by Gasteiger charge is 2.29. The number of aliphatic hydroxyl groups is 1. The molecule has 4 aromatic rings. The lowest BCUT2D eigenvalue weighted by atomic mass is 10.0. The Kier molecular flexibility index (Phi) is 16.3. The van der Waals surface area contributed by atoms with Gasteiger partial charge in [0.2, 0.25) is 21.8 Å². The van der Waals surface area contributed by atoms with Gasteiger partial charge in [0.25, 0.3) is 11.8 Å². The molecule has 0 spiro atoms. The first-order chi connectivity index (χ1) is 27.9. The number of aromatic carboxylic acids is 1. The van der Waals surface area contributed by atoms with Crippen molar-refractivity contribution in [2.24, 2.45) is 5.92 Å². The van der Waals surface area contributed by atoms with Gasteiger partial charge in [-0.2, -0.15) is 0 Å². The highest BCUT2D eigenvalue weighted by atomic mass is 32.2. The molecule has 4 rings (SSSR count). The number of carbonyl (C=O) groups is 5. The molecule has 4 amide bonds. The quantitative estimate of drug-likeness (QED) is 0.0757. The van der Waals surface area contributed by atoms with Crippen LogP contribution in [0.5, 0.6) is 0 Å². The predicted molar refractivity (Wildman–Crippen MR) is 222 cm³/mol. The third-order valence-corrected chi connectivity index (χ3v) is 10.7. The molecule has 0 heterocycles. The van der Waals surface area contributed by atoms with Crippen LogP contribution in [-0.4, -0.2) is 86.3 Å². The number of nitrogens with one attached hydrogen (secondary N) is 4. The van der Waals surface area contributed by atoms with Gasteiger partial charge >= 0.3 is 5.97 Å².